The Morgan fingerprint density at radius 1 is 1.39 bits per heavy atom. The van der Waals surface area contributed by atoms with E-state index in [1.54, 1.807) is 11.3 Å². The van der Waals surface area contributed by atoms with Gasteiger partial charge in [0.1, 0.15) is 0 Å². The minimum atomic E-state index is -0.460. The molecule has 100 valence electrons. The van der Waals surface area contributed by atoms with Gasteiger partial charge in [0.25, 0.3) is 0 Å². The van der Waals surface area contributed by atoms with Crippen LogP contribution in [0.3, 0.4) is 0 Å². The molecule has 5 heteroatoms. The molecule has 18 heavy (non-hydrogen) atoms. The number of hydrogen-bond acceptors (Lipinski definition) is 4. The highest BCUT2D eigenvalue weighted by molar-refractivity contribution is 7.15. The molecule has 2 aromatic heterocycles. The summed E-state index contributed by atoms with van der Waals surface area (Å²) in [6, 6.07) is 0. The number of aliphatic hydroxyl groups is 2. The summed E-state index contributed by atoms with van der Waals surface area (Å²) in [5.41, 5.74) is 0.476. The Morgan fingerprint density at radius 2 is 2.11 bits per heavy atom. The Morgan fingerprint density at radius 3 is 2.67 bits per heavy atom. The van der Waals surface area contributed by atoms with Gasteiger partial charge in [0.15, 0.2) is 4.96 Å². The van der Waals surface area contributed by atoms with Crippen LogP contribution in [0.4, 0.5) is 0 Å². The van der Waals surface area contributed by atoms with E-state index in [0.29, 0.717) is 12.3 Å². The van der Waals surface area contributed by atoms with Crippen LogP contribution >= 0.6 is 11.3 Å². The smallest absolute Gasteiger partial charge is 0.193 e. The lowest BCUT2D eigenvalue weighted by Crippen LogP contribution is -2.34. The fourth-order valence-corrected chi connectivity index (χ4v) is 3.19. The van der Waals surface area contributed by atoms with Crippen LogP contribution in [0.1, 0.15) is 26.0 Å². The normalized spacial score (nSPS) is 12.7. The summed E-state index contributed by atoms with van der Waals surface area (Å²) >= 11 is 1.59. The van der Waals surface area contributed by atoms with Gasteiger partial charge in [-0.3, -0.25) is 4.40 Å². The summed E-state index contributed by atoms with van der Waals surface area (Å²) in [4.78, 5) is 5.48. The van der Waals surface area contributed by atoms with Gasteiger partial charge in [-0.05, 0) is 12.3 Å². The lowest BCUT2D eigenvalue weighted by atomic mass is 9.78. The Labute approximate surface area is 111 Å². The number of fused-ring (bicyclic) bond motifs is 1. The fraction of sp³-hybridized carbons (Fsp3) is 0.615. The molecule has 0 aliphatic rings. The SMILES string of the molecule is CC(C)CC(CO)(CO)Cc1cn2ccsc2n1. The van der Waals surface area contributed by atoms with E-state index in [1.165, 1.54) is 0 Å². The van der Waals surface area contributed by atoms with Gasteiger partial charge in [-0.25, -0.2) is 4.98 Å². The summed E-state index contributed by atoms with van der Waals surface area (Å²) in [6.07, 6.45) is 5.36. The van der Waals surface area contributed by atoms with Crippen LogP contribution in [-0.4, -0.2) is 32.8 Å². The lowest BCUT2D eigenvalue weighted by Gasteiger charge is -2.30. The predicted octanol–water partition coefficient (Wildman–Crippen LogP) is 1.96. The van der Waals surface area contributed by atoms with Gasteiger partial charge in [0.2, 0.25) is 0 Å². The number of aromatic nitrogens is 2. The van der Waals surface area contributed by atoms with Crippen molar-refractivity contribution < 1.29 is 10.2 Å². The average molecular weight is 268 g/mol. The first-order valence-corrected chi connectivity index (χ1v) is 7.09. The summed E-state index contributed by atoms with van der Waals surface area (Å²) < 4.78 is 1.98. The molecule has 0 aliphatic carbocycles. The molecule has 4 nitrogen and oxygen atoms in total. The van der Waals surface area contributed by atoms with Crippen LogP contribution in [-0.2, 0) is 6.42 Å². The predicted molar refractivity (Wildman–Crippen MR) is 72.8 cm³/mol. The largest absolute Gasteiger partial charge is 0.396 e. The van der Waals surface area contributed by atoms with Crippen molar-refractivity contribution in [1.29, 1.82) is 0 Å². The summed E-state index contributed by atoms with van der Waals surface area (Å²) in [6.45, 7) is 4.19. The number of thiazole rings is 1. The van der Waals surface area contributed by atoms with E-state index in [0.717, 1.165) is 17.1 Å². The van der Waals surface area contributed by atoms with Crippen LogP contribution in [0, 0.1) is 11.3 Å². The maximum Gasteiger partial charge on any atom is 0.193 e. The first kappa shape index (κ1) is 13.5. The van der Waals surface area contributed by atoms with Crippen LogP contribution in [0.5, 0.6) is 0 Å². The molecule has 0 aliphatic heterocycles. The van der Waals surface area contributed by atoms with Gasteiger partial charge >= 0.3 is 0 Å². The Hall–Kier alpha value is -0.910. The number of nitrogens with zero attached hydrogens (tertiary/aromatic N) is 2. The lowest BCUT2D eigenvalue weighted by molar-refractivity contribution is 0.0363. The first-order valence-electron chi connectivity index (χ1n) is 6.21. The molecule has 0 fully saturated rings. The van der Waals surface area contributed by atoms with Gasteiger partial charge in [-0.15, -0.1) is 11.3 Å². The van der Waals surface area contributed by atoms with Gasteiger partial charge in [0.05, 0.1) is 18.9 Å². The third-order valence-corrected chi connectivity index (χ3v) is 3.98. The molecule has 0 spiro atoms. The molecule has 2 rings (SSSR count). The molecular formula is C13H20N2O2S. The molecule has 2 heterocycles. The van der Waals surface area contributed by atoms with Gasteiger partial charge in [0, 0.05) is 29.6 Å². The number of aliphatic hydroxyl groups excluding tert-OH is 2. The van der Waals surface area contributed by atoms with Crippen molar-refractivity contribution in [1.82, 2.24) is 9.38 Å². The van der Waals surface area contributed by atoms with Crippen molar-refractivity contribution in [2.75, 3.05) is 13.2 Å². The number of imidazole rings is 1. The molecule has 2 aromatic rings. The van der Waals surface area contributed by atoms with Crippen molar-refractivity contribution in [3.8, 4) is 0 Å². The second kappa shape index (κ2) is 5.38. The second-order valence-electron chi connectivity index (χ2n) is 5.42. The summed E-state index contributed by atoms with van der Waals surface area (Å²) in [7, 11) is 0. The number of hydrogen-bond donors (Lipinski definition) is 2. The van der Waals surface area contributed by atoms with Crippen LogP contribution in [0.15, 0.2) is 17.8 Å². The van der Waals surface area contributed by atoms with E-state index in [2.05, 4.69) is 18.8 Å². The highest BCUT2D eigenvalue weighted by Crippen LogP contribution is 2.30. The molecule has 0 amide bonds. The molecule has 0 radical (unpaired) electrons. The molecule has 2 N–H and O–H groups in total. The van der Waals surface area contributed by atoms with Crippen molar-refractivity contribution in [2.24, 2.45) is 11.3 Å². The van der Waals surface area contributed by atoms with Gasteiger partial charge in [-0.1, -0.05) is 13.8 Å². The van der Waals surface area contributed by atoms with E-state index >= 15 is 0 Å². The maximum absolute atomic E-state index is 9.62. The Kier molecular flexibility index (Phi) is 4.04. The van der Waals surface area contributed by atoms with E-state index in [4.69, 9.17) is 0 Å². The fourth-order valence-electron chi connectivity index (χ4n) is 2.47. The zero-order valence-electron chi connectivity index (χ0n) is 10.8. The molecular weight excluding hydrogens is 248 g/mol. The Bertz CT molecular complexity index is 471. The van der Waals surface area contributed by atoms with Crippen molar-refractivity contribution >= 4 is 16.3 Å². The van der Waals surface area contributed by atoms with Gasteiger partial charge < -0.3 is 10.2 Å². The quantitative estimate of drug-likeness (QED) is 0.842. The summed E-state index contributed by atoms with van der Waals surface area (Å²) in [5.74, 6) is 0.438. The van der Waals surface area contributed by atoms with Crippen LogP contribution < -0.4 is 0 Å². The standard InChI is InChI=1S/C13H20N2O2S/c1-10(2)5-13(8-16,9-17)6-11-7-15-3-4-18-12(15)14-11/h3-4,7,10,16-17H,5-6,8-9H2,1-2H3. The van der Waals surface area contributed by atoms with E-state index in [9.17, 15) is 10.2 Å². The topological polar surface area (TPSA) is 57.8 Å². The van der Waals surface area contributed by atoms with Crippen molar-refractivity contribution in [3.63, 3.8) is 0 Å². The van der Waals surface area contributed by atoms with Crippen LogP contribution in [0.2, 0.25) is 0 Å². The highest BCUT2D eigenvalue weighted by Gasteiger charge is 2.31. The molecule has 0 bridgehead atoms. The average Bonchev–Trinajstić information content (AvgIpc) is 2.87. The van der Waals surface area contributed by atoms with E-state index in [1.807, 2.05) is 22.2 Å². The highest BCUT2D eigenvalue weighted by atomic mass is 32.1. The molecule has 0 saturated carbocycles. The zero-order valence-corrected chi connectivity index (χ0v) is 11.7. The number of rotatable bonds is 6. The molecule has 0 aromatic carbocycles. The molecule has 0 unspecified atom stereocenters. The first-order chi connectivity index (χ1) is 8.58. The second-order valence-corrected chi connectivity index (χ2v) is 6.29. The molecule has 0 atom stereocenters. The maximum atomic E-state index is 9.62. The Balaban J connectivity index is 2.20. The zero-order chi connectivity index (χ0) is 13.2. The minimum absolute atomic E-state index is 0.00709. The van der Waals surface area contributed by atoms with Crippen LogP contribution in [0.25, 0.3) is 4.96 Å². The van der Waals surface area contributed by atoms with E-state index in [-0.39, 0.29) is 13.2 Å². The minimum Gasteiger partial charge on any atom is -0.396 e. The summed E-state index contributed by atoms with van der Waals surface area (Å²) in [5, 5.41) is 21.2. The van der Waals surface area contributed by atoms with E-state index < -0.39 is 5.41 Å². The van der Waals surface area contributed by atoms with Crippen molar-refractivity contribution in [3.05, 3.63) is 23.5 Å². The third-order valence-electron chi connectivity index (χ3n) is 3.21. The monoisotopic (exact) mass is 268 g/mol. The van der Waals surface area contributed by atoms with Gasteiger partial charge in [-0.2, -0.15) is 0 Å². The third kappa shape index (κ3) is 2.74. The molecule has 0 saturated heterocycles. The van der Waals surface area contributed by atoms with Crippen molar-refractivity contribution in [2.45, 2.75) is 26.7 Å².